The molecule has 1 aliphatic rings. The van der Waals surface area contributed by atoms with E-state index in [9.17, 15) is 9.59 Å². The molecule has 0 spiro atoms. The molecule has 136 valence electrons. The van der Waals surface area contributed by atoms with Crippen molar-refractivity contribution in [3.8, 4) is 0 Å². The molecule has 1 amide bonds. The van der Waals surface area contributed by atoms with Crippen molar-refractivity contribution < 1.29 is 4.79 Å². The molecular formula is C18H20N4O2S2. The Morgan fingerprint density at radius 2 is 2.12 bits per heavy atom. The van der Waals surface area contributed by atoms with Gasteiger partial charge in [-0.25, -0.2) is 4.98 Å². The van der Waals surface area contributed by atoms with Crippen LogP contribution in [0.1, 0.15) is 16.9 Å². The summed E-state index contributed by atoms with van der Waals surface area (Å²) in [7, 11) is 0. The third-order valence-electron chi connectivity index (χ3n) is 4.67. The number of fused-ring (bicyclic) bond motifs is 2. The second kappa shape index (κ2) is 7.69. The van der Waals surface area contributed by atoms with Crippen LogP contribution in [0.2, 0.25) is 0 Å². The molecule has 1 aliphatic heterocycles. The van der Waals surface area contributed by atoms with E-state index in [1.807, 2.05) is 16.7 Å². The van der Waals surface area contributed by atoms with Crippen molar-refractivity contribution in [2.45, 2.75) is 25.9 Å². The first-order valence-corrected chi connectivity index (χ1v) is 10.4. The smallest absolute Gasteiger partial charge is 0.262 e. The van der Waals surface area contributed by atoms with Gasteiger partial charge >= 0.3 is 0 Å². The highest BCUT2D eigenvalue weighted by atomic mass is 32.1. The second-order valence-electron chi connectivity index (χ2n) is 6.38. The molecule has 0 unspecified atom stereocenters. The molecule has 0 atom stereocenters. The van der Waals surface area contributed by atoms with E-state index >= 15 is 0 Å². The number of amides is 1. The van der Waals surface area contributed by atoms with Crippen LogP contribution < -0.4 is 10.9 Å². The van der Waals surface area contributed by atoms with Gasteiger partial charge in [-0.2, -0.15) is 0 Å². The molecular weight excluding hydrogens is 368 g/mol. The molecule has 8 heteroatoms. The zero-order chi connectivity index (χ0) is 17.9. The van der Waals surface area contributed by atoms with Crippen molar-refractivity contribution in [2.24, 2.45) is 0 Å². The number of thiophene rings is 2. The van der Waals surface area contributed by atoms with E-state index < -0.39 is 0 Å². The van der Waals surface area contributed by atoms with E-state index in [2.05, 4.69) is 26.6 Å². The van der Waals surface area contributed by atoms with E-state index in [0.29, 0.717) is 18.5 Å². The van der Waals surface area contributed by atoms with Crippen LogP contribution in [0, 0.1) is 0 Å². The molecule has 26 heavy (non-hydrogen) atoms. The number of nitrogens with zero attached hydrogens (tertiary/aromatic N) is 3. The van der Waals surface area contributed by atoms with Crippen molar-refractivity contribution in [1.29, 1.82) is 0 Å². The summed E-state index contributed by atoms with van der Waals surface area (Å²) in [4.78, 5) is 33.2. The van der Waals surface area contributed by atoms with Gasteiger partial charge in [0, 0.05) is 44.0 Å². The zero-order valence-corrected chi connectivity index (χ0v) is 15.9. The molecule has 6 nitrogen and oxygen atoms in total. The maximum absolute atomic E-state index is 12.3. The zero-order valence-electron chi connectivity index (χ0n) is 14.3. The minimum atomic E-state index is -0.0797. The molecule has 0 saturated carbocycles. The highest BCUT2D eigenvalue weighted by molar-refractivity contribution is 7.16. The summed E-state index contributed by atoms with van der Waals surface area (Å²) >= 11 is 3.28. The maximum Gasteiger partial charge on any atom is 0.262 e. The van der Waals surface area contributed by atoms with Crippen molar-refractivity contribution in [3.63, 3.8) is 0 Å². The van der Waals surface area contributed by atoms with E-state index in [1.54, 1.807) is 6.07 Å². The van der Waals surface area contributed by atoms with Crippen LogP contribution in [0.5, 0.6) is 0 Å². The van der Waals surface area contributed by atoms with E-state index in [-0.39, 0.29) is 17.9 Å². The van der Waals surface area contributed by atoms with Gasteiger partial charge in [0.2, 0.25) is 5.91 Å². The largest absolute Gasteiger partial charge is 0.355 e. The Labute approximate surface area is 159 Å². The number of nitrogens with one attached hydrogen (secondary N) is 1. The van der Waals surface area contributed by atoms with Crippen LogP contribution >= 0.6 is 22.7 Å². The highest BCUT2D eigenvalue weighted by Crippen LogP contribution is 2.23. The van der Waals surface area contributed by atoms with Crippen LogP contribution in [0.25, 0.3) is 10.2 Å². The first-order valence-electron chi connectivity index (χ1n) is 8.67. The van der Waals surface area contributed by atoms with Crippen molar-refractivity contribution in [2.75, 3.05) is 19.6 Å². The number of hydrogen-bond donors (Lipinski definition) is 1. The van der Waals surface area contributed by atoms with Crippen LogP contribution in [-0.2, 0) is 24.3 Å². The predicted octanol–water partition coefficient (Wildman–Crippen LogP) is 2.08. The second-order valence-corrected chi connectivity index (χ2v) is 8.27. The molecule has 1 N–H and O–H groups in total. The lowest BCUT2D eigenvalue weighted by Crippen LogP contribution is -2.37. The van der Waals surface area contributed by atoms with Crippen LogP contribution in [0.3, 0.4) is 0 Å². The molecule has 0 radical (unpaired) electrons. The summed E-state index contributed by atoms with van der Waals surface area (Å²) in [6.45, 7) is 3.85. The highest BCUT2D eigenvalue weighted by Gasteiger charge is 2.16. The minimum absolute atomic E-state index is 0.0319. The topological polar surface area (TPSA) is 67.2 Å². The van der Waals surface area contributed by atoms with Gasteiger partial charge in [-0.15, -0.1) is 22.7 Å². The first-order chi connectivity index (χ1) is 12.7. The molecule has 0 aliphatic carbocycles. The summed E-state index contributed by atoms with van der Waals surface area (Å²) in [6, 6.07) is 3.98. The Balaban J connectivity index is 1.23. The van der Waals surface area contributed by atoms with Gasteiger partial charge in [-0.05, 0) is 34.9 Å². The maximum atomic E-state index is 12.3. The number of aryl methyl sites for hydroxylation is 1. The monoisotopic (exact) mass is 388 g/mol. The summed E-state index contributed by atoms with van der Waals surface area (Å²) < 4.78 is 1.51. The summed E-state index contributed by atoms with van der Waals surface area (Å²) in [5.41, 5.74) is 1.34. The van der Waals surface area contributed by atoms with E-state index in [1.165, 1.54) is 32.7 Å². The molecule has 3 aromatic rings. The summed E-state index contributed by atoms with van der Waals surface area (Å²) in [5, 5.41) is 7.59. The van der Waals surface area contributed by atoms with Crippen molar-refractivity contribution >= 4 is 38.8 Å². The number of rotatable bonds is 6. The SMILES string of the molecule is O=C(CCn1cnc2sccc2c1=O)NCCN1CCc2sccc2C1. The lowest BCUT2D eigenvalue weighted by molar-refractivity contribution is -0.121. The Hall–Kier alpha value is -2.03. The lowest BCUT2D eigenvalue weighted by atomic mass is 10.1. The summed E-state index contributed by atoms with van der Waals surface area (Å²) in [5.74, 6) is -0.0319. The Bertz CT molecular complexity index is 975. The lowest BCUT2D eigenvalue weighted by Gasteiger charge is -2.26. The fraction of sp³-hybridized carbons (Fsp3) is 0.389. The first kappa shape index (κ1) is 17.4. The van der Waals surface area contributed by atoms with Crippen molar-refractivity contribution in [3.05, 3.63) is 50.0 Å². The Morgan fingerprint density at radius 3 is 3.04 bits per heavy atom. The normalized spacial score (nSPS) is 14.5. The van der Waals surface area contributed by atoms with Gasteiger partial charge in [0.1, 0.15) is 4.83 Å². The molecule has 0 bridgehead atoms. The Kier molecular flexibility index (Phi) is 5.14. The fourth-order valence-corrected chi connectivity index (χ4v) is 4.83. The van der Waals surface area contributed by atoms with Gasteiger partial charge in [0.25, 0.3) is 5.56 Å². The average Bonchev–Trinajstić information content (AvgIpc) is 3.30. The van der Waals surface area contributed by atoms with Gasteiger partial charge in [-0.1, -0.05) is 0 Å². The average molecular weight is 389 g/mol. The number of hydrogen-bond acceptors (Lipinski definition) is 6. The fourth-order valence-electron chi connectivity index (χ4n) is 3.21. The molecule has 0 aromatic carbocycles. The van der Waals surface area contributed by atoms with Gasteiger partial charge in [0.15, 0.2) is 0 Å². The minimum Gasteiger partial charge on any atom is -0.355 e. The number of aromatic nitrogens is 2. The van der Waals surface area contributed by atoms with E-state index in [4.69, 9.17) is 0 Å². The molecule has 3 aromatic heterocycles. The number of carbonyl (C=O) groups is 1. The molecule has 0 saturated heterocycles. The van der Waals surface area contributed by atoms with Gasteiger partial charge in [0.05, 0.1) is 11.7 Å². The predicted molar refractivity (Wildman–Crippen MR) is 105 cm³/mol. The van der Waals surface area contributed by atoms with Crippen molar-refractivity contribution in [1.82, 2.24) is 19.8 Å². The molecule has 4 heterocycles. The third kappa shape index (κ3) is 3.72. The quantitative estimate of drug-likeness (QED) is 0.702. The molecule has 4 rings (SSSR count). The van der Waals surface area contributed by atoms with Crippen LogP contribution in [-0.4, -0.2) is 40.0 Å². The standard InChI is InChI=1S/C18H20N4O2S2/c23-16(2-7-22-12-20-17-14(18(22)24)4-10-26-17)19-5-8-21-6-1-15-13(11-21)3-9-25-15/h3-4,9-10,12H,1-2,5-8,11H2,(H,19,23). The van der Waals surface area contributed by atoms with Gasteiger partial charge in [-0.3, -0.25) is 19.1 Å². The van der Waals surface area contributed by atoms with Crippen LogP contribution in [0.15, 0.2) is 34.0 Å². The number of carbonyl (C=O) groups excluding carboxylic acids is 1. The third-order valence-corrected chi connectivity index (χ3v) is 6.51. The van der Waals surface area contributed by atoms with Gasteiger partial charge < -0.3 is 5.32 Å². The van der Waals surface area contributed by atoms with E-state index in [0.717, 1.165) is 30.9 Å². The summed E-state index contributed by atoms with van der Waals surface area (Å²) in [6.07, 6.45) is 2.91. The van der Waals surface area contributed by atoms with Crippen LogP contribution in [0.4, 0.5) is 0 Å². The Morgan fingerprint density at radius 1 is 1.23 bits per heavy atom. The molecule has 0 fully saturated rings.